The molecule has 2 heterocycles. The number of carboxylic acids is 1. The number of fused-ring (bicyclic) bond motifs is 1. The van der Waals surface area contributed by atoms with Crippen molar-refractivity contribution in [2.75, 3.05) is 37.1 Å². The van der Waals surface area contributed by atoms with Crippen molar-refractivity contribution in [1.82, 2.24) is 4.90 Å². The lowest BCUT2D eigenvalue weighted by atomic mass is 9.82. The highest BCUT2D eigenvalue weighted by molar-refractivity contribution is 5.94. The maximum absolute atomic E-state index is 13.6. The molecule has 2 aliphatic rings. The first-order valence-corrected chi connectivity index (χ1v) is 14.5. The van der Waals surface area contributed by atoms with Crippen LogP contribution < -0.4 is 20.1 Å². The van der Waals surface area contributed by atoms with Gasteiger partial charge in [-0.25, -0.2) is 0 Å². The highest BCUT2D eigenvalue weighted by Gasteiger charge is 2.48. The van der Waals surface area contributed by atoms with Gasteiger partial charge in [0.25, 0.3) is 0 Å². The molecule has 8 heteroatoms. The second kappa shape index (κ2) is 12.6. The van der Waals surface area contributed by atoms with Crippen LogP contribution in [0.4, 0.5) is 11.4 Å². The molecule has 0 aliphatic carbocycles. The van der Waals surface area contributed by atoms with Gasteiger partial charge in [-0.3, -0.25) is 14.5 Å². The Morgan fingerprint density at radius 1 is 0.927 bits per heavy atom. The van der Waals surface area contributed by atoms with E-state index in [1.165, 1.54) is 0 Å². The number of rotatable bonds is 11. The topological polar surface area (TPSA) is 100 Å². The van der Waals surface area contributed by atoms with E-state index in [-0.39, 0.29) is 25.2 Å². The van der Waals surface area contributed by atoms with Gasteiger partial charge in [0.05, 0.1) is 12.5 Å². The number of hydrogen-bond acceptors (Lipinski definition) is 6. The summed E-state index contributed by atoms with van der Waals surface area (Å²) in [6.45, 7) is 7.77. The van der Waals surface area contributed by atoms with Gasteiger partial charge >= 0.3 is 5.97 Å². The SMILES string of the molecule is CCCNc1ccc([C@H]2C(C(=O)O)[C@@H](c3ccc4c(c3)OCO4)CN2CC(=O)Nc2c(CC)cccc2CC)cc1. The zero-order chi connectivity index (χ0) is 28.9. The molecule has 1 fully saturated rings. The Bertz CT molecular complexity index is 1370. The van der Waals surface area contributed by atoms with E-state index in [2.05, 4.69) is 31.4 Å². The summed E-state index contributed by atoms with van der Waals surface area (Å²) in [5.74, 6) is -0.865. The van der Waals surface area contributed by atoms with Crippen molar-refractivity contribution in [1.29, 1.82) is 0 Å². The van der Waals surface area contributed by atoms with Crippen molar-refractivity contribution in [2.24, 2.45) is 5.92 Å². The number of aliphatic carboxylic acids is 1. The molecule has 8 nitrogen and oxygen atoms in total. The number of ether oxygens (including phenoxy) is 2. The van der Waals surface area contributed by atoms with Crippen LogP contribution in [0.25, 0.3) is 0 Å². The van der Waals surface area contributed by atoms with Gasteiger partial charge in [0, 0.05) is 36.4 Å². The summed E-state index contributed by atoms with van der Waals surface area (Å²) in [5, 5.41) is 17.1. The molecule has 0 radical (unpaired) electrons. The van der Waals surface area contributed by atoms with Crippen LogP contribution in [0.5, 0.6) is 11.5 Å². The molecule has 0 bridgehead atoms. The Kier molecular flexibility index (Phi) is 8.78. The summed E-state index contributed by atoms with van der Waals surface area (Å²) in [4.78, 5) is 28.5. The molecule has 216 valence electrons. The van der Waals surface area contributed by atoms with E-state index in [1.54, 1.807) is 0 Å². The van der Waals surface area contributed by atoms with Crippen LogP contribution in [0.2, 0.25) is 0 Å². The fourth-order valence-corrected chi connectivity index (χ4v) is 6.11. The third-order valence-corrected chi connectivity index (χ3v) is 8.15. The fourth-order valence-electron chi connectivity index (χ4n) is 6.11. The average Bonchev–Trinajstić information content (AvgIpc) is 3.61. The van der Waals surface area contributed by atoms with Crippen LogP contribution in [0.1, 0.15) is 61.4 Å². The van der Waals surface area contributed by atoms with Gasteiger partial charge < -0.3 is 25.2 Å². The molecule has 1 unspecified atom stereocenters. The van der Waals surface area contributed by atoms with Crippen molar-refractivity contribution in [3.05, 3.63) is 82.9 Å². The first-order chi connectivity index (χ1) is 19.9. The van der Waals surface area contributed by atoms with E-state index in [1.807, 2.05) is 65.6 Å². The number of para-hydroxylation sites is 1. The molecule has 1 saturated heterocycles. The molecule has 0 spiro atoms. The van der Waals surface area contributed by atoms with Gasteiger partial charge in [-0.05, 0) is 65.8 Å². The minimum Gasteiger partial charge on any atom is -0.481 e. The fraction of sp³-hybridized carbons (Fsp3) is 0.394. The lowest BCUT2D eigenvalue weighted by Crippen LogP contribution is -2.35. The molecule has 2 aliphatic heterocycles. The maximum atomic E-state index is 13.6. The first-order valence-electron chi connectivity index (χ1n) is 14.5. The van der Waals surface area contributed by atoms with Crippen LogP contribution in [-0.2, 0) is 22.4 Å². The monoisotopic (exact) mass is 557 g/mol. The molecular weight excluding hydrogens is 518 g/mol. The zero-order valence-corrected chi connectivity index (χ0v) is 24.0. The number of aryl methyl sites for hydroxylation is 2. The number of carboxylic acid groups (broad SMARTS) is 1. The van der Waals surface area contributed by atoms with E-state index in [0.29, 0.717) is 18.0 Å². The molecule has 5 rings (SSSR count). The number of hydrogen-bond donors (Lipinski definition) is 3. The third-order valence-electron chi connectivity index (χ3n) is 8.15. The molecule has 3 aromatic carbocycles. The Morgan fingerprint density at radius 2 is 1.61 bits per heavy atom. The number of anilines is 2. The summed E-state index contributed by atoms with van der Waals surface area (Å²) in [5.41, 5.74) is 5.77. The predicted molar refractivity (Wildman–Crippen MR) is 160 cm³/mol. The van der Waals surface area contributed by atoms with Gasteiger partial charge in [-0.1, -0.05) is 57.2 Å². The molecule has 1 amide bonds. The highest BCUT2D eigenvalue weighted by atomic mass is 16.7. The second-order valence-electron chi connectivity index (χ2n) is 10.7. The largest absolute Gasteiger partial charge is 0.481 e. The van der Waals surface area contributed by atoms with Crippen LogP contribution in [-0.4, -0.2) is 48.3 Å². The third kappa shape index (κ3) is 6.03. The quantitative estimate of drug-likeness (QED) is 0.272. The summed E-state index contributed by atoms with van der Waals surface area (Å²) in [7, 11) is 0. The predicted octanol–water partition coefficient (Wildman–Crippen LogP) is 5.84. The summed E-state index contributed by atoms with van der Waals surface area (Å²) >= 11 is 0. The molecule has 3 N–H and O–H groups in total. The highest BCUT2D eigenvalue weighted by Crippen LogP contribution is 2.47. The summed E-state index contributed by atoms with van der Waals surface area (Å²) < 4.78 is 11.1. The second-order valence-corrected chi connectivity index (χ2v) is 10.7. The number of carbonyl (C=O) groups is 2. The van der Waals surface area contributed by atoms with Gasteiger partial charge in [0.15, 0.2) is 11.5 Å². The van der Waals surface area contributed by atoms with Gasteiger partial charge in [-0.15, -0.1) is 0 Å². The van der Waals surface area contributed by atoms with E-state index in [9.17, 15) is 14.7 Å². The number of likely N-dealkylation sites (tertiary alicyclic amines) is 1. The van der Waals surface area contributed by atoms with Crippen molar-refractivity contribution in [3.8, 4) is 11.5 Å². The van der Waals surface area contributed by atoms with E-state index in [4.69, 9.17) is 9.47 Å². The van der Waals surface area contributed by atoms with Crippen LogP contribution in [0, 0.1) is 5.92 Å². The number of nitrogens with one attached hydrogen (secondary N) is 2. The molecule has 3 aromatic rings. The zero-order valence-electron chi connectivity index (χ0n) is 24.0. The normalized spacial score (nSPS) is 19.7. The summed E-state index contributed by atoms with van der Waals surface area (Å²) in [6.07, 6.45) is 2.62. The standard InChI is InChI=1S/C33H39N3O5/c1-4-16-34-25-13-10-23(11-14-25)32-30(33(38)39)26(24-12-15-27-28(17-24)41-20-40-27)18-36(32)19-29(37)35-31-21(5-2)8-7-9-22(31)6-3/h7-15,17,26,30,32,34H,4-6,16,18-20H2,1-3H3,(H,35,37)(H,38,39)/t26-,30?,32+/m1/s1. The number of nitrogens with zero attached hydrogens (tertiary/aromatic N) is 1. The maximum Gasteiger partial charge on any atom is 0.309 e. The first kappa shape index (κ1) is 28.5. The molecule has 0 aromatic heterocycles. The van der Waals surface area contributed by atoms with Crippen molar-refractivity contribution in [2.45, 2.75) is 52.0 Å². The number of amides is 1. The van der Waals surface area contributed by atoms with Gasteiger partial charge in [0.2, 0.25) is 12.7 Å². The number of benzene rings is 3. The van der Waals surface area contributed by atoms with Crippen molar-refractivity contribution < 1.29 is 24.2 Å². The Hall–Kier alpha value is -4.04. The minimum atomic E-state index is -0.890. The van der Waals surface area contributed by atoms with Gasteiger partial charge in [-0.2, -0.15) is 0 Å². The summed E-state index contributed by atoms with van der Waals surface area (Å²) in [6, 6.07) is 19.2. The Labute approximate surface area is 241 Å². The van der Waals surface area contributed by atoms with Crippen LogP contribution in [0.15, 0.2) is 60.7 Å². The van der Waals surface area contributed by atoms with E-state index >= 15 is 0 Å². The Balaban J connectivity index is 1.47. The van der Waals surface area contributed by atoms with Crippen LogP contribution >= 0.6 is 0 Å². The van der Waals surface area contributed by atoms with Crippen molar-refractivity contribution >= 4 is 23.3 Å². The molecular formula is C33H39N3O5. The smallest absolute Gasteiger partial charge is 0.309 e. The van der Waals surface area contributed by atoms with Crippen LogP contribution in [0.3, 0.4) is 0 Å². The van der Waals surface area contributed by atoms with Gasteiger partial charge in [0.1, 0.15) is 0 Å². The van der Waals surface area contributed by atoms with E-state index < -0.39 is 17.9 Å². The van der Waals surface area contributed by atoms with Crippen molar-refractivity contribution in [3.63, 3.8) is 0 Å². The molecule has 3 atom stereocenters. The number of carbonyl (C=O) groups excluding carboxylic acids is 1. The lowest BCUT2D eigenvalue weighted by molar-refractivity contribution is -0.143. The molecule has 41 heavy (non-hydrogen) atoms. The lowest BCUT2D eigenvalue weighted by Gasteiger charge is -2.27. The minimum absolute atomic E-state index is 0.0759. The Morgan fingerprint density at radius 3 is 2.27 bits per heavy atom. The average molecular weight is 558 g/mol. The molecule has 0 saturated carbocycles. The van der Waals surface area contributed by atoms with E-state index in [0.717, 1.165) is 59.4 Å².